The number of rotatable bonds is 7. The third-order valence-electron chi connectivity index (χ3n) is 3.56. The number of hydrogen-bond acceptors (Lipinski definition) is 5. The van der Waals surface area contributed by atoms with Crippen molar-refractivity contribution in [1.82, 2.24) is 0 Å². The van der Waals surface area contributed by atoms with Gasteiger partial charge in [-0.2, -0.15) is 0 Å². The van der Waals surface area contributed by atoms with Crippen LogP contribution in [-0.4, -0.2) is 40.1 Å². The summed E-state index contributed by atoms with van der Waals surface area (Å²) in [4.78, 5) is 23.6. The molecule has 0 aromatic heterocycles. The van der Waals surface area contributed by atoms with E-state index in [9.17, 15) is 18.0 Å². The molecule has 0 spiro atoms. The van der Waals surface area contributed by atoms with Gasteiger partial charge in [-0.1, -0.05) is 17.7 Å². The highest BCUT2D eigenvalue weighted by Crippen LogP contribution is 2.32. The van der Waals surface area contributed by atoms with Crippen molar-refractivity contribution in [3.05, 3.63) is 47.5 Å². The second kappa shape index (κ2) is 8.94. The highest BCUT2D eigenvalue weighted by molar-refractivity contribution is 7.92. The van der Waals surface area contributed by atoms with E-state index in [0.29, 0.717) is 16.4 Å². The van der Waals surface area contributed by atoms with Crippen molar-refractivity contribution < 1.29 is 22.7 Å². The van der Waals surface area contributed by atoms with E-state index < -0.39 is 22.5 Å². The van der Waals surface area contributed by atoms with Gasteiger partial charge in [-0.05, 0) is 36.4 Å². The van der Waals surface area contributed by atoms with Gasteiger partial charge in [-0.3, -0.25) is 13.9 Å². The van der Waals surface area contributed by atoms with Crippen molar-refractivity contribution in [2.45, 2.75) is 6.92 Å². The molecule has 0 aliphatic carbocycles. The molecule has 0 bridgehead atoms. The third kappa shape index (κ3) is 5.86. The molecule has 0 aliphatic heterocycles. The molecule has 0 saturated carbocycles. The summed E-state index contributed by atoms with van der Waals surface area (Å²) in [5.74, 6) is -0.567. The molecule has 2 aromatic carbocycles. The van der Waals surface area contributed by atoms with Crippen LogP contribution in [0.25, 0.3) is 0 Å². The maximum Gasteiger partial charge on any atom is 0.245 e. The number of halogens is 1. The fourth-order valence-corrected chi connectivity index (χ4v) is 3.47. The highest BCUT2D eigenvalue weighted by atomic mass is 35.5. The molecule has 0 fully saturated rings. The smallest absolute Gasteiger partial charge is 0.245 e. The number of ether oxygens (including phenoxy) is 1. The molecule has 0 radical (unpaired) electrons. The summed E-state index contributed by atoms with van der Waals surface area (Å²) in [7, 11) is -2.41. The van der Waals surface area contributed by atoms with E-state index in [-0.39, 0.29) is 17.3 Å². The van der Waals surface area contributed by atoms with Gasteiger partial charge in [0.2, 0.25) is 21.8 Å². The van der Waals surface area contributed by atoms with Crippen molar-refractivity contribution in [3.63, 3.8) is 0 Å². The fraction of sp³-hybridized carbons (Fsp3) is 0.222. The first-order valence-corrected chi connectivity index (χ1v) is 10.3. The van der Waals surface area contributed by atoms with Crippen LogP contribution < -0.4 is 19.7 Å². The summed E-state index contributed by atoms with van der Waals surface area (Å²) in [6.07, 6.45) is 0.984. The van der Waals surface area contributed by atoms with Crippen molar-refractivity contribution in [3.8, 4) is 5.75 Å². The van der Waals surface area contributed by atoms with Crippen molar-refractivity contribution in [1.29, 1.82) is 0 Å². The largest absolute Gasteiger partial charge is 0.495 e. The average molecular weight is 426 g/mol. The van der Waals surface area contributed by atoms with Gasteiger partial charge in [0, 0.05) is 23.3 Å². The molecule has 0 aliphatic rings. The summed E-state index contributed by atoms with van der Waals surface area (Å²) >= 11 is 5.98. The number of nitrogens with one attached hydrogen (secondary N) is 2. The van der Waals surface area contributed by atoms with Crippen LogP contribution in [0.4, 0.5) is 17.1 Å². The quantitative estimate of drug-likeness (QED) is 0.709. The number of benzene rings is 2. The molecule has 0 atom stereocenters. The maximum atomic E-state index is 12.5. The van der Waals surface area contributed by atoms with Crippen molar-refractivity contribution in [2.24, 2.45) is 0 Å². The lowest BCUT2D eigenvalue weighted by Gasteiger charge is -2.24. The molecule has 0 unspecified atom stereocenters. The summed E-state index contributed by atoms with van der Waals surface area (Å²) in [6.45, 7) is 0.882. The van der Waals surface area contributed by atoms with Crippen LogP contribution in [0.15, 0.2) is 42.5 Å². The van der Waals surface area contributed by atoms with Gasteiger partial charge in [-0.15, -0.1) is 0 Å². The molecular weight excluding hydrogens is 406 g/mol. The van der Waals surface area contributed by atoms with Crippen LogP contribution in [-0.2, 0) is 19.6 Å². The number of amides is 2. The lowest BCUT2D eigenvalue weighted by molar-refractivity contribution is -0.115. The van der Waals surface area contributed by atoms with Crippen LogP contribution in [0.2, 0.25) is 5.02 Å². The Balaban J connectivity index is 2.26. The molecule has 0 saturated heterocycles. The molecule has 2 aromatic rings. The molecule has 2 amide bonds. The minimum Gasteiger partial charge on any atom is -0.495 e. The molecule has 8 nitrogen and oxygen atoms in total. The number of methoxy groups -OCH3 is 1. The fourth-order valence-electron chi connectivity index (χ4n) is 2.45. The number of anilines is 3. The van der Waals surface area contributed by atoms with Crippen LogP contribution in [0.5, 0.6) is 5.75 Å². The number of hydrogen-bond donors (Lipinski definition) is 2. The van der Waals surface area contributed by atoms with E-state index >= 15 is 0 Å². The number of carbonyl (C=O) groups excluding carboxylic acids is 2. The van der Waals surface area contributed by atoms with E-state index in [2.05, 4.69) is 10.6 Å². The van der Waals surface area contributed by atoms with E-state index in [1.165, 1.54) is 26.2 Å². The summed E-state index contributed by atoms with van der Waals surface area (Å²) in [5, 5.41) is 5.51. The summed E-state index contributed by atoms with van der Waals surface area (Å²) in [5.41, 5.74) is 1.06. The van der Waals surface area contributed by atoms with Crippen molar-refractivity contribution >= 4 is 50.5 Å². The Kier molecular flexibility index (Phi) is 6.87. The molecule has 0 heterocycles. The van der Waals surface area contributed by atoms with Crippen LogP contribution in [0, 0.1) is 0 Å². The van der Waals surface area contributed by atoms with Gasteiger partial charge in [0.15, 0.2) is 0 Å². The second-order valence-electron chi connectivity index (χ2n) is 5.90. The summed E-state index contributed by atoms with van der Waals surface area (Å²) < 4.78 is 30.6. The average Bonchev–Trinajstić information content (AvgIpc) is 2.58. The molecule has 10 heteroatoms. The second-order valence-corrected chi connectivity index (χ2v) is 8.24. The monoisotopic (exact) mass is 425 g/mol. The van der Waals surface area contributed by atoms with E-state index in [4.69, 9.17) is 16.3 Å². The van der Waals surface area contributed by atoms with Gasteiger partial charge in [0.25, 0.3) is 0 Å². The van der Waals surface area contributed by atoms with Crippen LogP contribution in [0.3, 0.4) is 0 Å². The van der Waals surface area contributed by atoms with Gasteiger partial charge in [0.1, 0.15) is 12.3 Å². The maximum absolute atomic E-state index is 12.5. The normalized spacial score (nSPS) is 10.9. The molecular formula is C18H20ClN3O5S. The van der Waals surface area contributed by atoms with E-state index in [1.807, 2.05) is 0 Å². The lowest BCUT2D eigenvalue weighted by Crippen LogP contribution is -2.37. The van der Waals surface area contributed by atoms with Gasteiger partial charge in [0.05, 0.1) is 19.1 Å². The molecule has 150 valence electrons. The predicted octanol–water partition coefficient (Wildman–Crippen LogP) is 2.71. The van der Waals surface area contributed by atoms with Crippen molar-refractivity contribution in [2.75, 3.05) is 34.8 Å². The number of carbonyl (C=O) groups is 2. The number of nitrogens with zero attached hydrogens (tertiary/aromatic N) is 1. The molecule has 2 rings (SSSR count). The zero-order valence-corrected chi connectivity index (χ0v) is 17.1. The highest BCUT2D eigenvalue weighted by Gasteiger charge is 2.24. The standard InChI is InChI=1S/C18H20ClN3O5S/c1-12(23)20-14-5-4-6-15(10-14)21-18(24)11-22(28(3,25)26)16-9-13(19)7-8-17(16)27-2/h4-10H,11H2,1-3H3,(H,20,23)(H,21,24). The molecule has 28 heavy (non-hydrogen) atoms. The minimum absolute atomic E-state index is 0.152. The molecule has 2 N–H and O–H groups in total. The zero-order chi connectivity index (χ0) is 20.9. The van der Waals surface area contributed by atoms with E-state index in [1.54, 1.807) is 30.3 Å². The summed E-state index contributed by atoms with van der Waals surface area (Å²) in [6, 6.07) is 11.0. The minimum atomic E-state index is -3.80. The SMILES string of the molecule is COc1ccc(Cl)cc1N(CC(=O)Nc1cccc(NC(C)=O)c1)S(C)(=O)=O. The van der Waals surface area contributed by atoms with Gasteiger partial charge in [-0.25, -0.2) is 8.42 Å². The lowest BCUT2D eigenvalue weighted by atomic mass is 10.2. The van der Waals surface area contributed by atoms with Gasteiger partial charge >= 0.3 is 0 Å². The Bertz CT molecular complexity index is 994. The first kappa shape index (κ1) is 21.5. The van der Waals surface area contributed by atoms with Crippen LogP contribution >= 0.6 is 11.6 Å². The van der Waals surface area contributed by atoms with E-state index in [0.717, 1.165) is 10.6 Å². The Morgan fingerprint density at radius 3 is 2.32 bits per heavy atom. The Morgan fingerprint density at radius 2 is 1.75 bits per heavy atom. The Hall–Kier alpha value is -2.78. The topological polar surface area (TPSA) is 105 Å². The Morgan fingerprint density at radius 1 is 1.11 bits per heavy atom. The first-order valence-electron chi connectivity index (χ1n) is 8.09. The third-order valence-corrected chi connectivity index (χ3v) is 4.93. The van der Waals surface area contributed by atoms with Gasteiger partial charge < -0.3 is 15.4 Å². The zero-order valence-electron chi connectivity index (χ0n) is 15.5. The first-order chi connectivity index (χ1) is 13.1. The predicted molar refractivity (Wildman–Crippen MR) is 110 cm³/mol. The van der Waals surface area contributed by atoms with Crippen LogP contribution in [0.1, 0.15) is 6.92 Å². The number of sulfonamides is 1. The Labute approximate surface area is 168 Å².